The van der Waals surface area contributed by atoms with E-state index in [4.69, 9.17) is 4.98 Å². The minimum atomic E-state index is -2.63. The fraction of sp³-hybridized carbons (Fsp3) is 0.613. The van der Waals surface area contributed by atoms with Crippen LogP contribution in [0.15, 0.2) is 42.5 Å². The molecule has 4 nitrogen and oxygen atoms in total. The van der Waals surface area contributed by atoms with Gasteiger partial charge in [0.05, 0.1) is 5.92 Å². The molecule has 2 aliphatic heterocycles. The van der Waals surface area contributed by atoms with Crippen molar-refractivity contribution >= 4 is 5.91 Å². The van der Waals surface area contributed by atoms with Gasteiger partial charge in [-0.25, -0.2) is 8.78 Å². The summed E-state index contributed by atoms with van der Waals surface area (Å²) in [5, 5.41) is 3.56. The SMILES string of the molecule is Cc1ccc2c(n1)CCC[C@]21CNC[C@H]1C(=O)N1CC[C@@H](c2ccccc2)C[C@H]1C1CCCC(F)(F)C1.[Cl-].[Cl-]. The number of rotatable bonds is 3. The fourth-order valence-electron chi connectivity index (χ4n) is 8.07. The second-order valence-corrected chi connectivity index (χ2v) is 12.1. The highest BCUT2D eigenvalue weighted by molar-refractivity contribution is 5.82. The van der Waals surface area contributed by atoms with E-state index in [0.717, 1.165) is 56.5 Å². The number of carbonyl (C=O) groups is 1. The Kier molecular flexibility index (Phi) is 9.29. The van der Waals surface area contributed by atoms with Gasteiger partial charge in [0.25, 0.3) is 0 Å². The van der Waals surface area contributed by atoms with Crippen LogP contribution in [0.1, 0.15) is 79.8 Å². The van der Waals surface area contributed by atoms with Crippen LogP contribution in [0.5, 0.6) is 0 Å². The first kappa shape index (κ1) is 30.2. The van der Waals surface area contributed by atoms with Crippen LogP contribution >= 0.6 is 0 Å². The monoisotopic (exact) mass is 577 g/mol. The molecule has 1 aromatic heterocycles. The average Bonchev–Trinajstić information content (AvgIpc) is 3.31. The second-order valence-electron chi connectivity index (χ2n) is 12.1. The molecule has 8 heteroatoms. The molecule has 1 saturated carbocycles. The first-order valence-corrected chi connectivity index (χ1v) is 14.3. The molecule has 1 amide bonds. The van der Waals surface area contributed by atoms with Gasteiger partial charge < -0.3 is 35.0 Å². The van der Waals surface area contributed by atoms with E-state index >= 15 is 0 Å². The lowest BCUT2D eigenvalue weighted by Gasteiger charge is -2.48. The number of halogens is 4. The van der Waals surface area contributed by atoms with Gasteiger partial charge in [-0.3, -0.25) is 9.78 Å². The Morgan fingerprint density at radius 1 is 1.05 bits per heavy atom. The van der Waals surface area contributed by atoms with E-state index in [0.29, 0.717) is 25.4 Å². The summed E-state index contributed by atoms with van der Waals surface area (Å²) in [7, 11) is 0. The summed E-state index contributed by atoms with van der Waals surface area (Å²) in [6.45, 7) is 4.11. The van der Waals surface area contributed by atoms with Gasteiger partial charge in [0.1, 0.15) is 0 Å². The number of hydrogen-bond acceptors (Lipinski definition) is 3. The Labute approximate surface area is 243 Å². The lowest BCUT2D eigenvalue weighted by Crippen LogP contribution is -3.00. The van der Waals surface area contributed by atoms with Crippen LogP contribution < -0.4 is 30.1 Å². The first-order chi connectivity index (χ1) is 17.9. The van der Waals surface area contributed by atoms with E-state index in [2.05, 4.69) is 46.6 Å². The number of fused-ring (bicyclic) bond motifs is 2. The molecule has 2 aliphatic carbocycles. The minimum Gasteiger partial charge on any atom is -1.00 e. The number of piperidine rings is 1. The number of nitrogens with zero attached hydrogens (tertiary/aromatic N) is 2. The third-order valence-corrected chi connectivity index (χ3v) is 9.86. The Hall–Kier alpha value is -1.76. The zero-order chi connectivity index (χ0) is 25.6. The number of aryl methyl sites for hydroxylation is 2. The molecule has 1 spiro atoms. The predicted octanol–water partition coefficient (Wildman–Crippen LogP) is -0.208. The van der Waals surface area contributed by atoms with Crippen molar-refractivity contribution < 1.29 is 38.4 Å². The maximum atomic E-state index is 14.6. The smallest absolute Gasteiger partial charge is 0.248 e. The van der Waals surface area contributed by atoms with Crippen LogP contribution in [0.2, 0.25) is 0 Å². The highest BCUT2D eigenvalue weighted by Crippen LogP contribution is 2.48. The first-order valence-electron chi connectivity index (χ1n) is 14.3. The van der Waals surface area contributed by atoms with Crippen molar-refractivity contribution in [2.45, 2.75) is 88.0 Å². The molecule has 2 saturated heterocycles. The standard InChI is InChI=1S/C31H39F2N3O.2ClH/c1-21-11-12-25-27(35-21)10-6-14-30(25)20-34-19-26(30)29(37)36-16-13-23(22-7-3-2-4-8-22)17-28(36)24-9-5-15-31(32,33)18-24;;/h2-4,7-8,11-12,23-24,26,28,34H,5-6,9-10,13-20H2,1H3;2*1H/p-2/t23-,24?,26+,28+,30+;;/m1../s1. The molecule has 4 aliphatic rings. The number of pyridine rings is 1. The molecule has 3 fully saturated rings. The number of nitrogens with one attached hydrogen (secondary N) is 1. The van der Waals surface area contributed by atoms with Crippen molar-refractivity contribution in [2.24, 2.45) is 11.8 Å². The van der Waals surface area contributed by atoms with Crippen LogP contribution in [0.3, 0.4) is 0 Å². The molecule has 5 atom stereocenters. The van der Waals surface area contributed by atoms with Crippen LogP contribution in [0.25, 0.3) is 0 Å². The Morgan fingerprint density at radius 3 is 2.62 bits per heavy atom. The lowest BCUT2D eigenvalue weighted by atomic mass is 9.64. The molecule has 2 aromatic rings. The van der Waals surface area contributed by atoms with Gasteiger partial charge in [-0.05, 0) is 80.9 Å². The molecule has 1 unspecified atom stereocenters. The Balaban J connectivity index is 0.00000176. The van der Waals surface area contributed by atoms with Gasteiger partial charge in [0.2, 0.25) is 11.8 Å². The van der Waals surface area contributed by atoms with Crippen molar-refractivity contribution in [1.82, 2.24) is 15.2 Å². The fourth-order valence-corrected chi connectivity index (χ4v) is 8.07. The van der Waals surface area contributed by atoms with E-state index < -0.39 is 5.92 Å². The molecule has 3 heterocycles. The van der Waals surface area contributed by atoms with Gasteiger partial charge in [-0.2, -0.15) is 0 Å². The molecular formula is C31H39Cl2F2N3O-2. The number of benzene rings is 1. The van der Waals surface area contributed by atoms with Crippen LogP contribution in [-0.4, -0.2) is 47.4 Å². The summed E-state index contributed by atoms with van der Waals surface area (Å²) in [6, 6.07) is 14.6. The molecule has 0 bridgehead atoms. The summed E-state index contributed by atoms with van der Waals surface area (Å²) < 4.78 is 29.2. The van der Waals surface area contributed by atoms with Crippen molar-refractivity contribution in [2.75, 3.05) is 19.6 Å². The molecular weight excluding hydrogens is 539 g/mol. The average molecular weight is 579 g/mol. The van der Waals surface area contributed by atoms with Gasteiger partial charge in [0.15, 0.2) is 0 Å². The molecule has 39 heavy (non-hydrogen) atoms. The van der Waals surface area contributed by atoms with E-state index in [1.807, 2.05) is 13.0 Å². The minimum absolute atomic E-state index is 0. The summed E-state index contributed by atoms with van der Waals surface area (Å²) in [5.74, 6) is -2.46. The normalized spacial score (nSPS) is 31.6. The number of aromatic nitrogens is 1. The molecule has 214 valence electrons. The number of amides is 1. The summed E-state index contributed by atoms with van der Waals surface area (Å²) >= 11 is 0. The summed E-state index contributed by atoms with van der Waals surface area (Å²) in [5.41, 5.74) is 4.41. The maximum absolute atomic E-state index is 14.6. The van der Waals surface area contributed by atoms with E-state index in [9.17, 15) is 13.6 Å². The number of hydrogen-bond donors (Lipinski definition) is 1. The highest BCUT2D eigenvalue weighted by atomic mass is 35.5. The van der Waals surface area contributed by atoms with Crippen molar-refractivity contribution in [3.63, 3.8) is 0 Å². The summed E-state index contributed by atoms with van der Waals surface area (Å²) in [6.07, 6.45) is 5.84. The van der Waals surface area contributed by atoms with Crippen molar-refractivity contribution in [3.8, 4) is 0 Å². The zero-order valence-electron chi connectivity index (χ0n) is 22.7. The maximum Gasteiger partial charge on any atom is 0.248 e. The third kappa shape index (κ3) is 5.71. The van der Waals surface area contributed by atoms with E-state index in [-0.39, 0.29) is 66.9 Å². The van der Waals surface area contributed by atoms with E-state index in [1.165, 1.54) is 11.1 Å². The Bertz CT molecular complexity index is 1150. The largest absolute Gasteiger partial charge is 1.00 e. The number of likely N-dealkylation sites (tertiary alicyclic amines) is 1. The van der Waals surface area contributed by atoms with E-state index in [1.54, 1.807) is 0 Å². The van der Waals surface area contributed by atoms with Crippen LogP contribution in [-0.2, 0) is 16.6 Å². The predicted molar refractivity (Wildman–Crippen MR) is 141 cm³/mol. The van der Waals surface area contributed by atoms with Gasteiger partial charge in [0, 0.05) is 55.3 Å². The van der Waals surface area contributed by atoms with Gasteiger partial charge >= 0.3 is 0 Å². The van der Waals surface area contributed by atoms with Crippen molar-refractivity contribution in [3.05, 3.63) is 65.0 Å². The quantitative estimate of drug-likeness (QED) is 0.549. The van der Waals surface area contributed by atoms with Crippen LogP contribution in [0, 0.1) is 18.8 Å². The zero-order valence-corrected chi connectivity index (χ0v) is 24.2. The highest BCUT2D eigenvalue weighted by Gasteiger charge is 2.53. The molecule has 1 N–H and O–H groups in total. The van der Waals surface area contributed by atoms with Gasteiger partial charge in [-0.15, -0.1) is 0 Å². The molecule has 0 radical (unpaired) electrons. The van der Waals surface area contributed by atoms with Gasteiger partial charge in [-0.1, -0.05) is 36.4 Å². The second kappa shape index (κ2) is 12.0. The third-order valence-electron chi connectivity index (χ3n) is 9.86. The number of carbonyl (C=O) groups excluding carboxylic acids is 1. The molecule has 6 rings (SSSR count). The lowest BCUT2D eigenvalue weighted by molar-refractivity contribution is -0.145. The Morgan fingerprint density at radius 2 is 1.85 bits per heavy atom. The summed E-state index contributed by atoms with van der Waals surface area (Å²) in [4.78, 5) is 21.4. The topological polar surface area (TPSA) is 45.2 Å². The van der Waals surface area contributed by atoms with Crippen LogP contribution in [0.4, 0.5) is 8.78 Å². The molecule has 1 aromatic carbocycles. The van der Waals surface area contributed by atoms with Crippen molar-refractivity contribution in [1.29, 1.82) is 0 Å². The number of alkyl halides is 2.